The van der Waals surface area contributed by atoms with Crippen molar-refractivity contribution in [2.75, 3.05) is 27.8 Å². The van der Waals surface area contributed by atoms with Crippen LogP contribution in [0.15, 0.2) is 35.3 Å². The van der Waals surface area contributed by atoms with Crippen molar-refractivity contribution >= 4 is 19.5 Å². The third kappa shape index (κ3) is 3.92. The third-order valence-electron chi connectivity index (χ3n) is 3.99. The summed E-state index contributed by atoms with van der Waals surface area (Å²) in [5, 5.41) is 0. The number of amidine groups is 1. The Hall–Kier alpha value is -1.42. The van der Waals surface area contributed by atoms with Crippen molar-refractivity contribution < 1.29 is 13.6 Å². The molecule has 5 nitrogen and oxygen atoms in total. The average molecular weight is 336 g/mol. The van der Waals surface area contributed by atoms with Crippen molar-refractivity contribution in [3.63, 3.8) is 0 Å². The normalized spacial score (nSPS) is 17.4. The van der Waals surface area contributed by atoms with Gasteiger partial charge in [0.25, 0.3) is 0 Å². The van der Waals surface area contributed by atoms with E-state index in [2.05, 4.69) is 11.8 Å². The lowest BCUT2D eigenvalue weighted by Gasteiger charge is -2.24. The minimum atomic E-state index is -3.37. The first-order valence-corrected chi connectivity index (χ1v) is 9.44. The van der Waals surface area contributed by atoms with Gasteiger partial charge in [0.15, 0.2) is 5.78 Å². The molecule has 0 radical (unpaired) electrons. The van der Waals surface area contributed by atoms with Crippen molar-refractivity contribution in [1.82, 2.24) is 4.90 Å². The molecule has 1 unspecified atom stereocenters. The highest BCUT2D eigenvalue weighted by Crippen LogP contribution is 2.61. The number of benzene rings is 1. The third-order valence-corrected chi connectivity index (χ3v) is 6.00. The van der Waals surface area contributed by atoms with Gasteiger partial charge in [-0.15, -0.1) is 0 Å². The smallest absolute Gasteiger partial charge is 0.359 e. The second-order valence-corrected chi connectivity index (χ2v) is 7.80. The lowest BCUT2D eigenvalue weighted by Crippen LogP contribution is -2.26. The second-order valence-electron chi connectivity index (χ2n) is 5.50. The summed E-state index contributed by atoms with van der Waals surface area (Å²) in [5.41, 5.74) is 1.84. The lowest BCUT2D eigenvalue weighted by atomic mass is 10.1. The van der Waals surface area contributed by atoms with Gasteiger partial charge in [-0.25, -0.2) is 4.99 Å². The fourth-order valence-electron chi connectivity index (χ4n) is 2.55. The Labute approximate surface area is 138 Å². The number of fused-ring (bicyclic) bond motifs is 1. The van der Waals surface area contributed by atoms with Crippen LogP contribution >= 0.6 is 7.60 Å². The summed E-state index contributed by atoms with van der Waals surface area (Å²) >= 11 is 0. The summed E-state index contributed by atoms with van der Waals surface area (Å²) in [5.74, 6) is 0.122. The first kappa shape index (κ1) is 17.9. The van der Waals surface area contributed by atoms with Crippen LogP contribution in [0.5, 0.6) is 0 Å². The number of aliphatic imine (C=N–C) groups is 1. The summed E-state index contributed by atoms with van der Waals surface area (Å²) in [6.07, 6.45) is 6.16. The molecular formula is C17H25N2O3P. The SMILES string of the molecule is CCCCN(C)C1=NC(P(=O)(OC)OC)c2ccccc2C=C1. The van der Waals surface area contributed by atoms with Crippen molar-refractivity contribution in [3.8, 4) is 0 Å². The van der Waals surface area contributed by atoms with Crippen LogP contribution in [0.1, 0.15) is 36.7 Å². The maximum absolute atomic E-state index is 13.0. The molecule has 1 atom stereocenters. The van der Waals surface area contributed by atoms with Crippen LogP contribution in [0.4, 0.5) is 0 Å². The molecule has 0 amide bonds. The van der Waals surface area contributed by atoms with E-state index in [4.69, 9.17) is 14.0 Å². The molecule has 0 fully saturated rings. The number of nitrogens with zero attached hydrogens (tertiary/aromatic N) is 2. The minimum absolute atomic E-state index is 0.664. The van der Waals surface area contributed by atoms with Gasteiger partial charge in [0.1, 0.15) is 5.84 Å². The van der Waals surface area contributed by atoms with Crippen LogP contribution in [0.25, 0.3) is 6.08 Å². The fourth-order valence-corrected chi connectivity index (χ4v) is 3.93. The molecule has 1 aliphatic heterocycles. The first-order chi connectivity index (χ1) is 11.1. The van der Waals surface area contributed by atoms with Gasteiger partial charge in [-0.3, -0.25) is 4.57 Å². The molecule has 0 aliphatic carbocycles. The van der Waals surface area contributed by atoms with E-state index in [1.807, 2.05) is 43.5 Å². The zero-order valence-corrected chi connectivity index (χ0v) is 15.1. The van der Waals surface area contributed by atoms with Gasteiger partial charge in [0.2, 0.25) is 0 Å². The molecule has 2 rings (SSSR count). The Morgan fingerprint density at radius 3 is 2.57 bits per heavy atom. The van der Waals surface area contributed by atoms with E-state index in [1.165, 1.54) is 14.2 Å². The summed E-state index contributed by atoms with van der Waals surface area (Å²) in [6, 6.07) is 7.78. The molecule has 6 heteroatoms. The quantitative estimate of drug-likeness (QED) is 0.726. The molecule has 0 saturated heterocycles. The van der Waals surface area contributed by atoms with Crippen LogP contribution in [-0.4, -0.2) is 38.5 Å². The molecule has 1 aromatic carbocycles. The van der Waals surface area contributed by atoms with Gasteiger partial charge in [-0.2, -0.15) is 0 Å². The molecule has 126 valence electrons. The molecule has 0 bridgehead atoms. The van der Waals surface area contributed by atoms with Gasteiger partial charge in [-0.1, -0.05) is 43.7 Å². The van der Waals surface area contributed by atoms with Crippen molar-refractivity contribution in [3.05, 3.63) is 41.5 Å². The Kier molecular flexibility index (Phi) is 6.17. The number of likely N-dealkylation sites (N-methyl/N-ethyl adjacent to an activating group) is 1. The molecule has 0 aromatic heterocycles. The second kappa shape index (κ2) is 7.91. The van der Waals surface area contributed by atoms with Crippen LogP contribution in [0, 0.1) is 0 Å². The van der Waals surface area contributed by atoms with E-state index in [0.717, 1.165) is 36.3 Å². The molecule has 1 aromatic rings. The fraction of sp³-hybridized carbons (Fsp3) is 0.471. The van der Waals surface area contributed by atoms with Crippen molar-refractivity contribution in [2.45, 2.75) is 25.5 Å². The molecule has 1 aliphatic rings. The van der Waals surface area contributed by atoms with Crippen LogP contribution in [0.2, 0.25) is 0 Å². The van der Waals surface area contributed by atoms with Crippen LogP contribution in [0.3, 0.4) is 0 Å². The highest BCUT2D eigenvalue weighted by Gasteiger charge is 2.37. The van der Waals surface area contributed by atoms with Crippen LogP contribution < -0.4 is 0 Å². The molecule has 0 spiro atoms. The Morgan fingerprint density at radius 2 is 1.91 bits per heavy atom. The van der Waals surface area contributed by atoms with E-state index >= 15 is 0 Å². The monoisotopic (exact) mass is 336 g/mol. The van der Waals surface area contributed by atoms with Gasteiger partial charge >= 0.3 is 7.60 Å². The number of rotatable bonds is 6. The van der Waals surface area contributed by atoms with E-state index < -0.39 is 13.4 Å². The zero-order valence-electron chi connectivity index (χ0n) is 14.2. The Morgan fingerprint density at radius 1 is 1.22 bits per heavy atom. The topological polar surface area (TPSA) is 51.1 Å². The van der Waals surface area contributed by atoms with Crippen LogP contribution in [-0.2, 0) is 13.6 Å². The molecule has 1 heterocycles. The summed E-state index contributed by atoms with van der Waals surface area (Å²) < 4.78 is 23.5. The summed E-state index contributed by atoms with van der Waals surface area (Å²) in [7, 11) is 1.43. The predicted octanol–water partition coefficient (Wildman–Crippen LogP) is 4.33. The lowest BCUT2D eigenvalue weighted by molar-refractivity contribution is 0.266. The van der Waals surface area contributed by atoms with E-state index in [9.17, 15) is 4.57 Å². The molecular weight excluding hydrogens is 311 g/mol. The number of hydrogen-bond acceptors (Lipinski definition) is 5. The minimum Gasteiger partial charge on any atom is -0.360 e. The number of unbranched alkanes of at least 4 members (excludes halogenated alkanes) is 1. The van der Waals surface area contributed by atoms with E-state index in [0.29, 0.717) is 0 Å². The predicted molar refractivity (Wildman–Crippen MR) is 94.8 cm³/mol. The number of hydrogen-bond donors (Lipinski definition) is 0. The molecule has 0 saturated carbocycles. The maximum atomic E-state index is 13.0. The zero-order chi connectivity index (χ0) is 16.9. The highest BCUT2D eigenvalue weighted by atomic mass is 31.2. The van der Waals surface area contributed by atoms with Gasteiger partial charge < -0.3 is 13.9 Å². The first-order valence-electron chi connectivity index (χ1n) is 7.83. The summed E-state index contributed by atoms with van der Waals surface area (Å²) in [4.78, 5) is 6.80. The van der Waals surface area contributed by atoms with Crippen molar-refractivity contribution in [2.24, 2.45) is 4.99 Å². The van der Waals surface area contributed by atoms with Crippen molar-refractivity contribution in [1.29, 1.82) is 0 Å². The largest absolute Gasteiger partial charge is 0.360 e. The maximum Gasteiger partial charge on any atom is 0.359 e. The van der Waals surface area contributed by atoms with Gasteiger partial charge in [-0.05, 0) is 23.6 Å². The van der Waals surface area contributed by atoms with Gasteiger partial charge in [0.05, 0.1) is 0 Å². The average Bonchev–Trinajstić information content (AvgIpc) is 2.79. The van der Waals surface area contributed by atoms with E-state index in [1.54, 1.807) is 0 Å². The molecule has 0 N–H and O–H groups in total. The summed E-state index contributed by atoms with van der Waals surface area (Å²) in [6.45, 7) is 3.05. The Balaban J connectivity index is 2.48. The standard InChI is InChI=1S/C17H25N2O3P/c1-5-6-13-19(2)16-12-11-14-9-7-8-10-15(14)17(18-16)23(20,21-3)22-4/h7-12,17H,5-6,13H2,1-4H3. The Bertz CT molecular complexity index is 634. The highest BCUT2D eigenvalue weighted by molar-refractivity contribution is 7.54. The molecule has 23 heavy (non-hydrogen) atoms. The van der Waals surface area contributed by atoms with E-state index in [-0.39, 0.29) is 0 Å². The van der Waals surface area contributed by atoms with Gasteiger partial charge in [0, 0.05) is 27.8 Å².